The van der Waals surface area contributed by atoms with Crippen LogP contribution in [0.3, 0.4) is 0 Å². The molecule has 3 aromatic rings. The maximum absolute atomic E-state index is 12.2. The van der Waals surface area contributed by atoms with E-state index in [2.05, 4.69) is 9.97 Å². The monoisotopic (exact) mass is 321 g/mol. The topological polar surface area (TPSA) is 75.3 Å². The fraction of sp³-hybridized carbons (Fsp3) is 0.167. The number of nitrogens with zero attached hydrogens (tertiary/aromatic N) is 2. The van der Waals surface area contributed by atoms with Gasteiger partial charge >= 0.3 is 0 Å². The minimum atomic E-state index is -0.187. The van der Waals surface area contributed by atoms with Gasteiger partial charge in [-0.15, -0.1) is 0 Å². The van der Waals surface area contributed by atoms with E-state index in [1.165, 1.54) is 0 Å². The largest absolute Gasteiger partial charge is 0.482 e. The lowest BCUT2D eigenvalue weighted by molar-refractivity contribution is -0.121. The average Bonchev–Trinajstić information content (AvgIpc) is 2.61. The van der Waals surface area contributed by atoms with E-state index in [1.807, 2.05) is 25.1 Å². The first kappa shape index (κ1) is 14.4. The van der Waals surface area contributed by atoms with Crippen LogP contribution in [0.15, 0.2) is 47.3 Å². The molecule has 0 unspecified atom stereocenters. The molecule has 6 nitrogen and oxygen atoms in total. The fourth-order valence-corrected chi connectivity index (χ4v) is 2.92. The summed E-state index contributed by atoms with van der Waals surface area (Å²) in [6, 6.07) is 12.6. The van der Waals surface area contributed by atoms with E-state index in [9.17, 15) is 9.59 Å². The molecule has 4 rings (SSSR count). The molecule has 6 heteroatoms. The number of anilines is 1. The molecule has 0 saturated carbocycles. The summed E-state index contributed by atoms with van der Waals surface area (Å²) in [7, 11) is 0. The van der Waals surface area contributed by atoms with Crippen LogP contribution in [0.25, 0.3) is 22.3 Å². The van der Waals surface area contributed by atoms with Crippen LogP contribution in [0.1, 0.15) is 6.92 Å². The molecule has 0 fully saturated rings. The third-order valence-corrected chi connectivity index (χ3v) is 4.10. The molecule has 0 saturated heterocycles. The van der Waals surface area contributed by atoms with E-state index in [1.54, 1.807) is 29.2 Å². The van der Waals surface area contributed by atoms with Crippen LogP contribution in [0.4, 0.5) is 5.69 Å². The number of hydrogen-bond acceptors (Lipinski definition) is 4. The van der Waals surface area contributed by atoms with Crippen molar-refractivity contribution in [3.8, 4) is 17.1 Å². The molecular weight excluding hydrogens is 306 g/mol. The Morgan fingerprint density at radius 2 is 2.04 bits per heavy atom. The van der Waals surface area contributed by atoms with Gasteiger partial charge in [0.15, 0.2) is 6.61 Å². The fourth-order valence-electron chi connectivity index (χ4n) is 2.92. The van der Waals surface area contributed by atoms with Crippen molar-refractivity contribution in [2.24, 2.45) is 0 Å². The zero-order valence-electron chi connectivity index (χ0n) is 13.1. The average molecular weight is 321 g/mol. The summed E-state index contributed by atoms with van der Waals surface area (Å²) in [6.07, 6.45) is 0. The number of H-pyrrole nitrogens is 1. The van der Waals surface area contributed by atoms with Crippen molar-refractivity contribution in [2.75, 3.05) is 18.1 Å². The number of ether oxygens (including phenoxy) is 1. The second kappa shape index (κ2) is 5.49. The van der Waals surface area contributed by atoms with E-state index in [4.69, 9.17) is 4.74 Å². The van der Waals surface area contributed by atoms with E-state index < -0.39 is 0 Å². The Balaban J connectivity index is 1.88. The zero-order valence-corrected chi connectivity index (χ0v) is 13.1. The molecule has 0 bridgehead atoms. The number of aromatic amines is 1. The lowest BCUT2D eigenvalue weighted by Crippen LogP contribution is -2.38. The summed E-state index contributed by atoms with van der Waals surface area (Å²) in [4.78, 5) is 33.2. The highest BCUT2D eigenvalue weighted by atomic mass is 16.5. The lowest BCUT2D eigenvalue weighted by atomic mass is 10.1. The van der Waals surface area contributed by atoms with Crippen molar-refractivity contribution in [3.05, 3.63) is 52.8 Å². The van der Waals surface area contributed by atoms with Crippen molar-refractivity contribution in [1.29, 1.82) is 0 Å². The number of carbonyl (C=O) groups excluding carboxylic acids is 1. The van der Waals surface area contributed by atoms with Crippen molar-refractivity contribution < 1.29 is 9.53 Å². The Kier molecular flexibility index (Phi) is 3.30. The number of nitrogens with one attached hydrogen (secondary N) is 1. The highest BCUT2D eigenvalue weighted by molar-refractivity contribution is 5.98. The summed E-state index contributed by atoms with van der Waals surface area (Å²) >= 11 is 0. The number of rotatable bonds is 2. The van der Waals surface area contributed by atoms with Crippen LogP contribution in [-0.4, -0.2) is 29.0 Å². The summed E-state index contributed by atoms with van der Waals surface area (Å²) in [5.41, 5.74) is 1.87. The molecule has 24 heavy (non-hydrogen) atoms. The van der Waals surface area contributed by atoms with Crippen LogP contribution < -0.4 is 15.2 Å². The molecule has 2 heterocycles. The molecule has 0 aliphatic carbocycles. The summed E-state index contributed by atoms with van der Waals surface area (Å²) < 4.78 is 5.47. The maximum atomic E-state index is 12.2. The predicted molar refractivity (Wildman–Crippen MR) is 91.3 cm³/mol. The van der Waals surface area contributed by atoms with Crippen LogP contribution in [0.5, 0.6) is 5.75 Å². The van der Waals surface area contributed by atoms with E-state index in [0.29, 0.717) is 34.7 Å². The molecular formula is C18H15N3O3. The van der Waals surface area contributed by atoms with Crippen LogP contribution in [-0.2, 0) is 4.79 Å². The number of fused-ring (bicyclic) bond motifs is 2. The minimum Gasteiger partial charge on any atom is -0.482 e. The maximum Gasteiger partial charge on any atom is 0.265 e. The van der Waals surface area contributed by atoms with Gasteiger partial charge in [-0.05, 0) is 37.3 Å². The van der Waals surface area contributed by atoms with Gasteiger partial charge in [0.1, 0.15) is 11.6 Å². The zero-order chi connectivity index (χ0) is 16.7. The van der Waals surface area contributed by atoms with Gasteiger partial charge < -0.3 is 14.6 Å². The van der Waals surface area contributed by atoms with E-state index >= 15 is 0 Å². The third-order valence-electron chi connectivity index (χ3n) is 4.10. The quantitative estimate of drug-likeness (QED) is 0.786. The van der Waals surface area contributed by atoms with Crippen LogP contribution in [0.2, 0.25) is 0 Å². The number of amides is 1. The first-order valence-electron chi connectivity index (χ1n) is 7.74. The molecule has 1 aliphatic rings. The Labute approximate surface area is 137 Å². The normalized spacial score (nSPS) is 13.7. The molecule has 1 aliphatic heterocycles. The van der Waals surface area contributed by atoms with Crippen LogP contribution >= 0.6 is 0 Å². The second-order valence-corrected chi connectivity index (χ2v) is 5.54. The second-order valence-electron chi connectivity index (χ2n) is 5.54. The molecule has 0 radical (unpaired) electrons. The van der Waals surface area contributed by atoms with Gasteiger partial charge in [-0.1, -0.05) is 12.1 Å². The third kappa shape index (κ3) is 2.23. The molecule has 120 valence electrons. The van der Waals surface area contributed by atoms with Crippen LogP contribution in [0, 0.1) is 0 Å². The molecule has 2 aromatic carbocycles. The minimum absolute atomic E-state index is 0.0469. The number of carbonyl (C=O) groups is 1. The predicted octanol–water partition coefficient (Wildman–Crippen LogP) is 2.34. The Morgan fingerprint density at radius 3 is 2.88 bits per heavy atom. The van der Waals surface area contributed by atoms with Gasteiger partial charge in [0, 0.05) is 12.1 Å². The standard InChI is InChI=1S/C18H15N3O3/c1-2-21-14-9-11(7-8-15(14)24-10-16(21)22)17-19-13-6-4-3-5-12(13)18(23)20-17/h3-9H,2,10H2,1H3,(H,19,20,23). The highest BCUT2D eigenvalue weighted by Gasteiger charge is 2.24. The van der Waals surface area contributed by atoms with Gasteiger partial charge in [-0.25, -0.2) is 4.98 Å². The SMILES string of the molecule is CCN1C(=O)COc2ccc(-c3nc4ccccc4c(=O)[nH]3)cc21. The molecule has 0 atom stereocenters. The molecule has 1 amide bonds. The summed E-state index contributed by atoms with van der Waals surface area (Å²) in [5, 5.41) is 0.549. The van der Waals surface area contributed by atoms with Crippen molar-refractivity contribution in [2.45, 2.75) is 6.92 Å². The van der Waals surface area contributed by atoms with E-state index in [-0.39, 0.29) is 18.1 Å². The first-order valence-corrected chi connectivity index (χ1v) is 7.74. The summed E-state index contributed by atoms with van der Waals surface area (Å²) in [6.45, 7) is 2.52. The van der Waals surface area contributed by atoms with Crippen molar-refractivity contribution in [1.82, 2.24) is 9.97 Å². The summed E-state index contributed by atoms with van der Waals surface area (Å²) in [5.74, 6) is 1.04. The number of para-hydroxylation sites is 1. The van der Waals surface area contributed by atoms with Crippen molar-refractivity contribution in [3.63, 3.8) is 0 Å². The molecule has 1 aromatic heterocycles. The van der Waals surface area contributed by atoms with Gasteiger partial charge in [0.05, 0.1) is 16.6 Å². The number of hydrogen-bond donors (Lipinski definition) is 1. The molecule has 1 N–H and O–H groups in total. The van der Waals surface area contributed by atoms with Crippen molar-refractivity contribution >= 4 is 22.5 Å². The lowest BCUT2D eigenvalue weighted by Gasteiger charge is -2.28. The van der Waals surface area contributed by atoms with E-state index in [0.717, 1.165) is 5.56 Å². The van der Waals surface area contributed by atoms with Gasteiger partial charge in [-0.2, -0.15) is 0 Å². The Morgan fingerprint density at radius 1 is 1.21 bits per heavy atom. The number of aromatic nitrogens is 2. The molecule has 0 spiro atoms. The number of benzene rings is 2. The smallest absolute Gasteiger partial charge is 0.265 e. The number of likely N-dealkylation sites (N-methyl/N-ethyl adjacent to an activating group) is 1. The Bertz CT molecular complexity index is 1010. The van der Waals surface area contributed by atoms with Gasteiger partial charge in [0.2, 0.25) is 0 Å². The highest BCUT2D eigenvalue weighted by Crippen LogP contribution is 2.35. The van der Waals surface area contributed by atoms with Gasteiger partial charge in [-0.3, -0.25) is 9.59 Å². The van der Waals surface area contributed by atoms with Gasteiger partial charge in [0.25, 0.3) is 11.5 Å². The first-order chi connectivity index (χ1) is 11.7. The Hall–Kier alpha value is -3.15.